The number of likely N-dealkylation sites (tertiary alicyclic amines) is 1. The number of aliphatic hydroxyl groups excluding tert-OH is 1. The molecule has 0 radical (unpaired) electrons. The fourth-order valence-corrected chi connectivity index (χ4v) is 7.44. The van der Waals surface area contributed by atoms with Gasteiger partial charge in [-0.05, 0) is 24.8 Å². The van der Waals surface area contributed by atoms with E-state index in [0.717, 1.165) is 19.3 Å². The van der Waals surface area contributed by atoms with Crippen LogP contribution in [0, 0.1) is 11.8 Å². The monoisotopic (exact) mass is 637 g/mol. The number of nitrogens with zero attached hydrogens (tertiary/aromatic N) is 2. The van der Waals surface area contributed by atoms with Gasteiger partial charge in [0.1, 0.15) is 23.7 Å². The van der Waals surface area contributed by atoms with Crippen molar-refractivity contribution in [3.8, 4) is 0 Å². The highest BCUT2D eigenvalue weighted by Gasteiger charge is 2.72. The molecule has 11 nitrogen and oxygen atoms in total. The summed E-state index contributed by atoms with van der Waals surface area (Å²) in [5.74, 6) is -3.70. The standard InChI is InChI=1S/C35H47N3O8/c1-4-6-12-19-37-20-13-18-35-29(32(41)38(24(5-2)21-39)31(35)33(37)42)28-26(46-35)16-10-11-17-27(40)36-25(22-44-3)30(45-34(28)43)23-14-8-7-9-15-23/h7-10,13-16,18,24-26,28-31,39H,4-6,11-12,17,19-22H2,1-3H3,(H,36,40)/b16-10-/t24-,25+,26+,28-,29-,30+,31+,35-/m0/s1. The molecule has 2 fully saturated rings. The number of methoxy groups -OCH3 is 1. The molecule has 1 spiro atoms. The Bertz CT molecular complexity index is 1310. The lowest BCUT2D eigenvalue weighted by Gasteiger charge is -2.38. The van der Waals surface area contributed by atoms with Crippen LogP contribution in [-0.4, -0.2) is 102 Å². The van der Waals surface area contributed by atoms with Gasteiger partial charge in [-0.3, -0.25) is 19.2 Å². The molecule has 1 aromatic rings. The van der Waals surface area contributed by atoms with E-state index >= 15 is 0 Å². The van der Waals surface area contributed by atoms with Crippen LogP contribution in [0.1, 0.15) is 64.0 Å². The molecule has 2 saturated heterocycles. The third-order valence-corrected chi connectivity index (χ3v) is 9.69. The molecule has 46 heavy (non-hydrogen) atoms. The highest BCUT2D eigenvalue weighted by Crippen LogP contribution is 2.54. The molecule has 4 heterocycles. The zero-order valence-electron chi connectivity index (χ0n) is 27.0. The van der Waals surface area contributed by atoms with Crippen molar-refractivity contribution in [2.24, 2.45) is 11.8 Å². The first-order valence-corrected chi connectivity index (χ1v) is 16.6. The van der Waals surface area contributed by atoms with Crippen molar-refractivity contribution < 1.29 is 38.5 Å². The van der Waals surface area contributed by atoms with E-state index in [1.54, 1.807) is 23.1 Å². The largest absolute Gasteiger partial charge is 0.455 e. The Balaban J connectivity index is 1.60. The van der Waals surface area contributed by atoms with Gasteiger partial charge in [0.25, 0.3) is 0 Å². The number of esters is 1. The van der Waals surface area contributed by atoms with Crippen LogP contribution in [0.2, 0.25) is 0 Å². The van der Waals surface area contributed by atoms with E-state index in [0.29, 0.717) is 31.5 Å². The molecule has 11 heteroatoms. The van der Waals surface area contributed by atoms with Gasteiger partial charge in [-0.25, -0.2) is 0 Å². The maximum Gasteiger partial charge on any atom is 0.313 e. The van der Waals surface area contributed by atoms with E-state index in [1.165, 1.54) is 12.0 Å². The van der Waals surface area contributed by atoms with Gasteiger partial charge < -0.3 is 34.4 Å². The summed E-state index contributed by atoms with van der Waals surface area (Å²) in [4.78, 5) is 59.6. The Morgan fingerprint density at radius 3 is 2.57 bits per heavy atom. The summed E-state index contributed by atoms with van der Waals surface area (Å²) in [6, 6.07) is 6.73. The minimum Gasteiger partial charge on any atom is -0.455 e. The lowest BCUT2D eigenvalue weighted by Crippen LogP contribution is -2.58. The van der Waals surface area contributed by atoms with Crippen molar-refractivity contribution in [3.05, 3.63) is 60.2 Å². The van der Waals surface area contributed by atoms with Crippen LogP contribution in [0.3, 0.4) is 0 Å². The molecule has 0 unspecified atom stereocenters. The molecule has 250 valence electrons. The number of allylic oxidation sites excluding steroid dienone is 1. The smallest absolute Gasteiger partial charge is 0.313 e. The molecule has 0 saturated carbocycles. The van der Waals surface area contributed by atoms with Crippen LogP contribution < -0.4 is 5.32 Å². The Morgan fingerprint density at radius 1 is 1.09 bits per heavy atom. The van der Waals surface area contributed by atoms with Crippen molar-refractivity contribution in [3.63, 3.8) is 0 Å². The second-order valence-electron chi connectivity index (χ2n) is 12.6. The Morgan fingerprint density at radius 2 is 1.87 bits per heavy atom. The predicted octanol–water partition coefficient (Wildman–Crippen LogP) is 2.69. The van der Waals surface area contributed by atoms with E-state index in [2.05, 4.69) is 12.2 Å². The number of nitrogens with one attached hydrogen (secondary N) is 1. The van der Waals surface area contributed by atoms with E-state index < -0.39 is 59.6 Å². The van der Waals surface area contributed by atoms with Gasteiger partial charge in [-0.15, -0.1) is 0 Å². The summed E-state index contributed by atoms with van der Waals surface area (Å²) in [6.45, 7) is 4.59. The van der Waals surface area contributed by atoms with Crippen molar-refractivity contribution in [2.45, 2.75) is 88.3 Å². The summed E-state index contributed by atoms with van der Waals surface area (Å²) in [5.41, 5.74) is -0.788. The second-order valence-corrected chi connectivity index (χ2v) is 12.6. The molecule has 0 bridgehead atoms. The topological polar surface area (TPSA) is 135 Å². The number of ether oxygens (including phenoxy) is 3. The normalized spacial score (nSPS) is 32.8. The van der Waals surface area contributed by atoms with Gasteiger partial charge >= 0.3 is 5.97 Å². The van der Waals surface area contributed by atoms with Crippen LogP contribution >= 0.6 is 0 Å². The average Bonchev–Trinajstić information content (AvgIpc) is 3.44. The Kier molecular flexibility index (Phi) is 11.0. The predicted molar refractivity (Wildman–Crippen MR) is 169 cm³/mol. The zero-order valence-corrected chi connectivity index (χ0v) is 27.0. The second kappa shape index (κ2) is 14.9. The van der Waals surface area contributed by atoms with Gasteiger partial charge in [0.2, 0.25) is 17.7 Å². The number of carbonyl (C=O) groups is 4. The molecule has 2 N–H and O–H groups in total. The number of hydrogen-bond donors (Lipinski definition) is 2. The molecule has 4 aliphatic heterocycles. The number of unbranched alkanes of at least 4 members (excludes halogenated alkanes) is 2. The minimum absolute atomic E-state index is 0.0843. The minimum atomic E-state index is -1.45. The quantitative estimate of drug-likeness (QED) is 0.227. The summed E-state index contributed by atoms with van der Waals surface area (Å²) >= 11 is 0. The van der Waals surface area contributed by atoms with Crippen LogP contribution in [0.25, 0.3) is 0 Å². The third kappa shape index (κ3) is 6.37. The number of cyclic esters (lactones) is 1. The Labute approximate surface area is 270 Å². The number of fused-ring (bicyclic) bond motifs is 2. The van der Waals surface area contributed by atoms with Crippen LogP contribution in [0.5, 0.6) is 0 Å². The Hall–Kier alpha value is -3.54. The number of rotatable bonds is 10. The fourth-order valence-electron chi connectivity index (χ4n) is 7.44. The first-order valence-electron chi connectivity index (χ1n) is 16.6. The SMILES string of the molecule is CCCCCN1CC=C[C@]23O[C@@H]4/C=C\CCC(=O)N[C@H](COC)[C@@H](c5ccccc5)OC(=O)[C@@H]4[C@H]2C(=O)N([C@@H](CC)CO)[C@@H]3C1=O. The lowest BCUT2D eigenvalue weighted by molar-refractivity contribution is -0.163. The van der Waals surface area contributed by atoms with Gasteiger partial charge in [0, 0.05) is 26.6 Å². The average molecular weight is 638 g/mol. The van der Waals surface area contributed by atoms with Gasteiger partial charge in [0.05, 0.1) is 37.3 Å². The number of carbonyl (C=O) groups excluding carboxylic acids is 4. The van der Waals surface area contributed by atoms with Crippen molar-refractivity contribution in [1.82, 2.24) is 15.1 Å². The molecule has 4 aliphatic rings. The molecule has 3 amide bonds. The summed E-state index contributed by atoms with van der Waals surface area (Å²) in [5, 5.41) is 13.3. The van der Waals surface area contributed by atoms with Gasteiger partial charge in [0.15, 0.2) is 0 Å². The molecule has 5 rings (SSSR count). The van der Waals surface area contributed by atoms with Gasteiger partial charge in [-0.2, -0.15) is 0 Å². The van der Waals surface area contributed by atoms with E-state index in [-0.39, 0.29) is 31.4 Å². The highest BCUT2D eigenvalue weighted by atomic mass is 16.6. The van der Waals surface area contributed by atoms with Crippen LogP contribution in [0.4, 0.5) is 0 Å². The summed E-state index contributed by atoms with van der Waals surface area (Å²) in [7, 11) is 1.51. The first-order chi connectivity index (χ1) is 22.3. The third-order valence-electron chi connectivity index (χ3n) is 9.69. The summed E-state index contributed by atoms with van der Waals surface area (Å²) < 4.78 is 18.5. The van der Waals surface area contributed by atoms with E-state index in [1.807, 2.05) is 43.3 Å². The van der Waals surface area contributed by atoms with Crippen molar-refractivity contribution in [2.75, 3.05) is 33.4 Å². The van der Waals surface area contributed by atoms with Crippen molar-refractivity contribution in [1.29, 1.82) is 0 Å². The highest BCUT2D eigenvalue weighted by molar-refractivity contribution is 5.99. The van der Waals surface area contributed by atoms with Crippen LogP contribution in [0.15, 0.2) is 54.6 Å². The maximum atomic E-state index is 14.6. The van der Waals surface area contributed by atoms with Gasteiger partial charge in [-0.1, -0.05) is 81.3 Å². The fraction of sp³-hybridized carbons (Fsp3) is 0.600. The zero-order chi connectivity index (χ0) is 32.8. The van der Waals surface area contributed by atoms with E-state index in [9.17, 15) is 24.3 Å². The van der Waals surface area contributed by atoms with E-state index in [4.69, 9.17) is 14.2 Å². The number of benzene rings is 1. The number of hydrogen-bond acceptors (Lipinski definition) is 8. The lowest BCUT2D eigenvalue weighted by atomic mass is 9.77. The van der Waals surface area contributed by atoms with Crippen molar-refractivity contribution >= 4 is 23.7 Å². The molecule has 0 aromatic heterocycles. The first kappa shape index (κ1) is 33.8. The molecule has 0 aliphatic carbocycles. The van der Waals surface area contributed by atoms with Crippen LogP contribution in [-0.2, 0) is 33.4 Å². The molecular weight excluding hydrogens is 590 g/mol. The number of amides is 3. The molecule has 1 aromatic carbocycles. The maximum absolute atomic E-state index is 14.6. The summed E-state index contributed by atoms with van der Waals surface area (Å²) in [6.07, 6.45) is 9.13. The molecular formula is C35H47N3O8. The number of aliphatic hydroxyl groups is 1. The molecule has 8 atom stereocenters.